The molecule has 0 saturated heterocycles. The van der Waals surface area contributed by atoms with Crippen LogP contribution in [0.1, 0.15) is 41.6 Å². The number of nitrogens with two attached hydrogens (primary N) is 1. The monoisotopic (exact) mass is 383 g/mol. The van der Waals surface area contributed by atoms with Gasteiger partial charge in [-0.25, -0.2) is 0 Å². The van der Waals surface area contributed by atoms with Crippen molar-refractivity contribution in [2.75, 3.05) is 0 Å². The molecule has 4 N–H and O–H groups in total. The third-order valence-electron chi connectivity index (χ3n) is 4.86. The maximum Gasteiger partial charge on any atom is 0.491 e. The van der Waals surface area contributed by atoms with E-state index in [1.54, 1.807) is 36.4 Å². The molecule has 1 amide bonds. The summed E-state index contributed by atoms with van der Waals surface area (Å²) >= 11 is 0. The van der Waals surface area contributed by atoms with Gasteiger partial charge in [0, 0.05) is 5.56 Å². The fourth-order valence-corrected chi connectivity index (χ4v) is 3.27. The molecule has 2 aromatic carbocycles. The van der Waals surface area contributed by atoms with E-state index in [1.807, 2.05) is 6.07 Å². The minimum Gasteiger partial charge on any atom is -0.481 e. The van der Waals surface area contributed by atoms with Crippen LogP contribution in [0.5, 0.6) is 11.5 Å². The van der Waals surface area contributed by atoms with Gasteiger partial charge in [0.05, 0.1) is 12.5 Å². The van der Waals surface area contributed by atoms with Crippen LogP contribution in [0.3, 0.4) is 0 Å². The highest BCUT2D eigenvalue weighted by molar-refractivity contribution is 6.61. The Bertz CT molecular complexity index is 848. The lowest BCUT2D eigenvalue weighted by molar-refractivity contribution is -0.141. The summed E-state index contributed by atoms with van der Waals surface area (Å²) in [5.74, 6) is 0.153. The van der Waals surface area contributed by atoms with Gasteiger partial charge in [-0.1, -0.05) is 18.9 Å². The lowest BCUT2D eigenvalue weighted by Gasteiger charge is -2.07. The van der Waals surface area contributed by atoms with E-state index in [-0.39, 0.29) is 5.92 Å². The summed E-state index contributed by atoms with van der Waals surface area (Å²) in [5.41, 5.74) is 7.28. The highest BCUT2D eigenvalue weighted by Crippen LogP contribution is 2.25. The molecule has 0 atom stereocenters. The van der Waals surface area contributed by atoms with Gasteiger partial charge in [0.15, 0.2) is 0 Å². The molecule has 1 aliphatic heterocycles. The summed E-state index contributed by atoms with van der Waals surface area (Å²) in [6.07, 6.45) is 4.01. The summed E-state index contributed by atoms with van der Waals surface area (Å²) in [6.45, 7) is 0.369. The molecular formula is C20H22BNO6. The fourth-order valence-electron chi connectivity index (χ4n) is 3.27. The summed E-state index contributed by atoms with van der Waals surface area (Å²) in [6, 6.07) is 11.9. The molecule has 2 aliphatic rings. The molecule has 28 heavy (non-hydrogen) atoms. The molecule has 146 valence electrons. The van der Waals surface area contributed by atoms with Crippen LogP contribution in [0.15, 0.2) is 42.5 Å². The Balaban J connectivity index is 0.000000236. The van der Waals surface area contributed by atoms with Crippen LogP contribution in [0.25, 0.3) is 0 Å². The molecular weight excluding hydrogens is 361 g/mol. The maximum atomic E-state index is 11.0. The van der Waals surface area contributed by atoms with Crippen LogP contribution in [0.4, 0.5) is 0 Å². The average molecular weight is 383 g/mol. The van der Waals surface area contributed by atoms with Gasteiger partial charge in [0.1, 0.15) is 11.5 Å². The number of hydrogen-bond donors (Lipinski definition) is 3. The SMILES string of the molecule is NC(=O)c1ccc(Oc2ccc3c(c2)COB3O)cc1.O=C(O)C1CCCC1. The zero-order valence-electron chi connectivity index (χ0n) is 15.3. The van der Waals surface area contributed by atoms with Gasteiger partial charge in [0.2, 0.25) is 5.91 Å². The highest BCUT2D eigenvalue weighted by Gasteiger charge is 2.27. The van der Waals surface area contributed by atoms with Crippen molar-refractivity contribution in [1.29, 1.82) is 0 Å². The van der Waals surface area contributed by atoms with Gasteiger partial charge in [-0.05, 0) is 60.3 Å². The Kier molecular flexibility index (Phi) is 6.33. The van der Waals surface area contributed by atoms with Gasteiger partial charge in [-0.2, -0.15) is 0 Å². The third kappa shape index (κ3) is 4.91. The molecule has 7 nitrogen and oxygen atoms in total. The number of carboxylic acids is 1. The zero-order chi connectivity index (χ0) is 20.1. The predicted octanol–water partition coefficient (Wildman–Crippen LogP) is 2.06. The second-order valence-corrected chi connectivity index (χ2v) is 6.83. The minimum atomic E-state index is -0.853. The Morgan fingerprint density at radius 3 is 2.29 bits per heavy atom. The number of carbonyl (C=O) groups excluding carboxylic acids is 1. The van der Waals surface area contributed by atoms with E-state index in [4.69, 9.17) is 20.2 Å². The first-order valence-electron chi connectivity index (χ1n) is 9.17. The van der Waals surface area contributed by atoms with Crippen molar-refractivity contribution < 1.29 is 29.1 Å². The normalized spacial score (nSPS) is 15.5. The number of fused-ring (bicyclic) bond motifs is 1. The Morgan fingerprint density at radius 1 is 1.07 bits per heavy atom. The minimum absolute atomic E-state index is 0.0185. The zero-order valence-corrected chi connectivity index (χ0v) is 15.3. The number of ether oxygens (including phenoxy) is 1. The van der Waals surface area contributed by atoms with Gasteiger partial charge in [-0.3, -0.25) is 9.59 Å². The smallest absolute Gasteiger partial charge is 0.481 e. The molecule has 4 rings (SSSR count). The Morgan fingerprint density at radius 2 is 1.71 bits per heavy atom. The summed E-state index contributed by atoms with van der Waals surface area (Å²) in [4.78, 5) is 21.2. The molecule has 0 bridgehead atoms. The first-order chi connectivity index (χ1) is 13.4. The van der Waals surface area contributed by atoms with Crippen molar-refractivity contribution in [2.45, 2.75) is 32.3 Å². The van der Waals surface area contributed by atoms with E-state index in [0.29, 0.717) is 23.7 Å². The van der Waals surface area contributed by atoms with E-state index >= 15 is 0 Å². The Labute approximate surface area is 163 Å². The van der Waals surface area contributed by atoms with E-state index in [0.717, 1.165) is 36.7 Å². The first-order valence-corrected chi connectivity index (χ1v) is 9.17. The van der Waals surface area contributed by atoms with E-state index in [1.165, 1.54) is 0 Å². The number of hydrogen-bond acceptors (Lipinski definition) is 5. The first kappa shape index (κ1) is 19.9. The number of benzene rings is 2. The van der Waals surface area contributed by atoms with Crippen molar-refractivity contribution in [3.8, 4) is 11.5 Å². The van der Waals surface area contributed by atoms with Crippen LogP contribution < -0.4 is 15.9 Å². The van der Waals surface area contributed by atoms with E-state index < -0.39 is 19.0 Å². The van der Waals surface area contributed by atoms with Crippen molar-refractivity contribution in [3.63, 3.8) is 0 Å². The highest BCUT2D eigenvalue weighted by atomic mass is 16.5. The molecule has 1 fully saturated rings. The molecule has 2 aromatic rings. The van der Waals surface area contributed by atoms with Crippen molar-refractivity contribution in [3.05, 3.63) is 53.6 Å². The van der Waals surface area contributed by atoms with Gasteiger partial charge in [-0.15, -0.1) is 0 Å². The number of carboxylic acid groups (broad SMARTS) is 1. The summed E-state index contributed by atoms with van der Waals surface area (Å²) in [5, 5.41) is 18.0. The Hall–Kier alpha value is -2.84. The van der Waals surface area contributed by atoms with Gasteiger partial charge in [0.25, 0.3) is 0 Å². The second kappa shape index (κ2) is 8.90. The molecule has 0 aromatic heterocycles. The average Bonchev–Trinajstić information content (AvgIpc) is 3.33. The second-order valence-electron chi connectivity index (χ2n) is 6.83. The molecule has 1 saturated carbocycles. The lowest BCUT2D eigenvalue weighted by Crippen LogP contribution is -2.27. The predicted molar refractivity (Wildman–Crippen MR) is 103 cm³/mol. The van der Waals surface area contributed by atoms with Crippen LogP contribution >= 0.6 is 0 Å². The van der Waals surface area contributed by atoms with Crippen LogP contribution in [0.2, 0.25) is 0 Å². The third-order valence-corrected chi connectivity index (χ3v) is 4.86. The number of rotatable bonds is 4. The largest absolute Gasteiger partial charge is 0.491 e. The molecule has 1 heterocycles. The molecule has 0 spiro atoms. The molecule has 8 heteroatoms. The topological polar surface area (TPSA) is 119 Å². The quantitative estimate of drug-likeness (QED) is 0.696. The maximum absolute atomic E-state index is 11.0. The van der Waals surface area contributed by atoms with Crippen LogP contribution in [-0.2, 0) is 16.1 Å². The molecule has 0 radical (unpaired) electrons. The lowest BCUT2D eigenvalue weighted by atomic mass is 9.80. The van der Waals surface area contributed by atoms with Crippen molar-refractivity contribution in [2.24, 2.45) is 11.7 Å². The van der Waals surface area contributed by atoms with Gasteiger partial charge < -0.3 is 25.3 Å². The van der Waals surface area contributed by atoms with E-state index in [2.05, 4.69) is 0 Å². The fraction of sp³-hybridized carbons (Fsp3) is 0.300. The van der Waals surface area contributed by atoms with Crippen molar-refractivity contribution >= 4 is 24.5 Å². The van der Waals surface area contributed by atoms with Gasteiger partial charge >= 0.3 is 13.1 Å². The number of primary amides is 1. The molecule has 0 unspecified atom stereocenters. The van der Waals surface area contributed by atoms with Crippen LogP contribution in [-0.4, -0.2) is 29.1 Å². The number of aliphatic carboxylic acids is 1. The van der Waals surface area contributed by atoms with Crippen LogP contribution in [0, 0.1) is 5.92 Å². The van der Waals surface area contributed by atoms with E-state index in [9.17, 15) is 14.6 Å². The van der Waals surface area contributed by atoms with Crippen molar-refractivity contribution in [1.82, 2.24) is 0 Å². The number of amides is 1. The number of carbonyl (C=O) groups is 2. The summed E-state index contributed by atoms with van der Waals surface area (Å²) in [7, 11) is -0.853. The summed E-state index contributed by atoms with van der Waals surface area (Å²) < 4.78 is 10.8. The molecule has 1 aliphatic carbocycles. The standard InChI is InChI=1S/C14H12BNO4.C6H10O2/c16-14(17)9-1-3-11(4-2-9)20-12-5-6-13-10(7-12)8-19-15(13)18;7-6(8)5-3-1-2-4-5/h1-7,18H,8H2,(H2,16,17);5H,1-4H2,(H,7,8).